The van der Waals surface area contributed by atoms with Gasteiger partial charge in [-0.15, -0.1) is 0 Å². The summed E-state index contributed by atoms with van der Waals surface area (Å²) in [5.74, 6) is 1.57. The Morgan fingerprint density at radius 3 is 2.19 bits per heavy atom. The number of rotatable bonds is 5. The van der Waals surface area contributed by atoms with Crippen molar-refractivity contribution in [1.29, 1.82) is 5.26 Å². The van der Waals surface area contributed by atoms with E-state index in [9.17, 15) is 0 Å². The highest BCUT2D eigenvalue weighted by Gasteiger charge is 2.13. The number of nitrogens with zero attached hydrogens (tertiary/aromatic N) is 1. The molecule has 0 heterocycles. The Balaban J connectivity index is 3.15. The molecule has 86 valence electrons. The van der Waals surface area contributed by atoms with E-state index in [1.54, 1.807) is 14.2 Å². The first kappa shape index (κ1) is 12.7. The molecule has 0 aliphatic carbocycles. The standard InChI is InChI=1S/C11H12BrNO3/c1-14-9-5-8(7-12)6-10(15-2)11(9)16-4-3-13/h5-6H,4,7H2,1-2H3. The molecule has 0 fully saturated rings. The van der Waals surface area contributed by atoms with Crippen LogP contribution < -0.4 is 14.2 Å². The van der Waals surface area contributed by atoms with Crippen molar-refractivity contribution in [2.24, 2.45) is 0 Å². The number of benzene rings is 1. The maximum Gasteiger partial charge on any atom is 0.204 e. The molecule has 0 N–H and O–H groups in total. The van der Waals surface area contributed by atoms with Gasteiger partial charge in [-0.2, -0.15) is 5.26 Å². The first-order chi connectivity index (χ1) is 7.76. The Kier molecular flexibility index (Phi) is 4.93. The van der Waals surface area contributed by atoms with Crippen LogP contribution >= 0.6 is 15.9 Å². The van der Waals surface area contributed by atoms with Crippen LogP contribution in [0.4, 0.5) is 0 Å². The molecule has 0 spiro atoms. The largest absolute Gasteiger partial charge is 0.493 e. The Bertz CT molecular complexity index is 376. The third-order valence-corrected chi connectivity index (χ3v) is 2.60. The van der Waals surface area contributed by atoms with E-state index in [1.807, 2.05) is 18.2 Å². The Labute approximate surface area is 103 Å². The first-order valence-corrected chi connectivity index (χ1v) is 5.69. The van der Waals surface area contributed by atoms with Gasteiger partial charge in [-0.1, -0.05) is 15.9 Å². The highest BCUT2D eigenvalue weighted by Crippen LogP contribution is 2.38. The van der Waals surface area contributed by atoms with Crippen LogP contribution in [-0.4, -0.2) is 20.8 Å². The number of nitriles is 1. The zero-order chi connectivity index (χ0) is 12.0. The predicted octanol–water partition coefficient (Wildman–Crippen LogP) is 2.50. The molecule has 1 aromatic rings. The van der Waals surface area contributed by atoms with Gasteiger partial charge in [0.2, 0.25) is 5.75 Å². The van der Waals surface area contributed by atoms with Crippen LogP contribution in [0.5, 0.6) is 17.2 Å². The highest BCUT2D eigenvalue weighted by molar-refractivity contribution is 9.08. The summed E-state index contributed by atoms with van der Waals surface area (Å²) in [5.41, 5.74) is 1.01. The summed E-state index contributed by atoms with van der Waals surface area (Å²) >= 11 is 3.36. The maximum absolute atomic E-state index is 8.49. The normalized spacial score (nSPS) is 9.38. The molecule has 0 aliphatic heterocycles. The molecule has 1 rings (SSSR count). The zero-order valence-electron chi connectivity index (χ0n) is 9.12. The van der Waals surface area contributed by atoms with Crippen molar-refractivity contribution in [3.8, 4) is 23.3 Å². The Morgan fingerprint density at radius 1 is 1.25 bits per heavy atom. The monoisotopic (exact) mass is 285 g/mol. The smallest absolute Gasteiger partial charge is 0.204 e. The molecular formula is C11H12BrNO3. The molecule has 5 heteroatoms. The zero-order valence-corrected chi connectivity index (χ0v) is 10.7. The fraction of sp³-hybridized carbons (Fsp3) is 0.364. The third kappa shape index (κ3) is 2.80. The van der Waals surface area contributed by atoms with E-state index >= 15 is 0 Å². The predicted molar refractivity (Wildman–Crippen MR) is 63.3 cm³/mol. The molecule has 0 radical (unpaired) electrons. The SMILES string of the molecule is COc1cc(CBr)cc(OC)c1OCC#N. The van der Waals surface area contributed by atoms with Gasteiger partial charge in [0, 0.05) is 5.33 Å². The topological polar surface area (TPSA) is 51.5 Å². The molecule has 0 aromatic heterocycles. The van der Waals surface area contributed by atoms with Gasteiger partial charge < -0.3 is 14.2 Å². The number of halogens is 1. The van der Waals surface area contributed by atoms with E-state index in [2.05, 4.69) is 15.9 Å². The number of methoxy groups -OCH3 is 2. The van der Waals surface area contributed by atoms with Crippen molar-refractivity contribution >= 4 is 15.9 Å². The van der Waals surface area contributed by atoms with Crippen molar-refractivity contribution in [2.45, 2.75) is 5.33 Å². The summed E-state index contributed by atoms with van der Waals surface area (Å²) < 4.78 is 15.7. The summed E-state index contributed by atoms with van der Waals surface area (Å²) in [6.45, 7) is -0.0413. The molecule has 0 unspecified atom stereocenters. The van der Waals surface area contributed by atoms with Gasteiger partial charge in [-0.3, -0.25) is 0 Å². The third-order valence-electron chi connectivity index (χ3n) is 1.96. The molecule has 16 heavy (non-hydrogen) atoms. The van der Waals surface area contributed by atoms with Crippen LogP contribution in [0.3, 0.4) is 0 Å². The second-order valence-corrected chi connectivity index (χ2v) is 3.47. The van der Waals surface area contributed by atoms with Crippen molar-refractivity contribution in [2.75, 3.05) is 20.8 Å². The first-order valence-electron chi connectivity index (χ1n) is 4.57. The number of ether oxygens (including phenoxy) is 3. The summed E-state index contributed by atoms with van der Waals surface area (Å²) in [5, 5.41) is 9.18. The lowest BCUT2D eigenvalue weighted by Gasteiger charge is -2.13. The van der Waals surface area contributed by atoms with E-state index in [4.69, 9.17) is 19.5 Å². The molecule has 0 saturated heterocycles. The summed E-state index contributed by atoms with van der Waals surface area (Å²) in [7, 11) is 3.10. The second-order valence-electron chi connectivity index (χ2n) is 2.91. The van der Waals surface area contributed by atoms with Crippen molar-refractivity contribution < 1.29 is 14.2 Å². The van der Waals surface area contributed by atoms with Crippen LogP contribution in [0, 0.1) is 11.3 Å². The second kappa shape index (κ2) is 6.23. The van der Waals surface area contributed by atoms with Crippen molar-refractivity contribution in [3.05, 3.63) is 17.7 Å². The fourth-order valence-corrected chi connectivity index (χ4v) is 1.58. The van der Waals surface area contributed by atoms with Gasteiger partial charge >= 0.3 is 0 Å². The van der Waals surface area contributed by atoms with E-state index < -0.39 is 0 Å². The summed E-state index contributed by atoms with van der Waals surface area (Å²) in [4.78, 5) is 0. The van der Waals surface area contributed by atoms with E-state index in [0.717, 1.165) is 5.56 Å². The minimum atomic E-state index is -0.0413. The van der Waals surface area contributed by atoms with Gasteiger partial charge in [0.1, 0.15) is 6.07 Å². The highest BCUT2D eigenvalue weighted by atomic mass is 79.9. The summed E-state index contributed by atoms with van der Waals surface area (Å²) in [6.07, 6.45) is 0. The minimum absolute atomic E-state index is 0.0413. The average Bonchev–Trinajstić information content (AvgIpc) is 2.35. The lowest BCUT2D eigenvalue weighted by atomic mass is 10.2. The van der Waals surface area contributed by atoms with E-state index in [1.165, 1.54) is 0 Å². The number of hydrogen-bond donors (Lipinski definition) is 0. The molecule has 0 aliphatic rings. The number of alkyl halides is 1. The van der Waals surface area contributed by atoms with Crippen LogP contribution in [0.25, 0.3) is 0 Å². The fourth-order valence-electron chi connectivity index (χ4n) is 1.26. The lowest BCUT2D eigenvalue weighted by molar-refractivity contribution is 0.303. The Morgan fingerprint density at radius 2 is 1.81 bits per heavy atom. The van der Waals surface area contributed by atoms with Gasteiger partial charge in [0.05, 0.1) is 14.2 Å². The average molecular weight is 286 g/mol. The lowest BCUT2D eigenvalue weighted by Crippen LogP contribution is -2.00. The van der Waals surface area contributed by atoms with Crippen molar-refractivity contribution in [1.82, 2.24) is 0 Å². The van der Waals surface area contributed by atoms with Gasteiger partial charge in [0.15, 0.2) is 18.1 Å². The van der Waals surface area contributed by atoms with Crippen LogP contribution in [0.2, 0.25) is 0 Å². The van der Waals surface area contributed by atoms with Gasteiger partial charge in [-0.25, -0.2) is 0 Å². The molecule has 0 atom stereocenters. The number of hydrogen-bond acceptors (Lipinski definition) is 4. The van der Waals surface area contributed by atoms with Crippen LogP contribution in [0.15, 0.2) is 12.1 Å². The molecular weight excluding hydrogens is 274 g/mol. The maximum atomic E-state index is 8.49. The summed E-state index contributed by atoms with van der Waals surface area (Å²) in [6, 6.07) is 5.58. The van der Waals surface area contributed by atoms with E-state index in [-0.39, 0.29) is 6.61 Å². The van der Waals surface area contributed by atoms with Crippen molar-refractivity contribution in [3.63, 3.8) is 0 Å². The molecule has 0 amide bonds. The Hall–Kier alpha value is -1.41. The molecule has 4 nitrogen and oxygen atoms in total. The van der Waals surface area contributed by atoms with Gasteiger partial charge in [0.25, 0.3) is 0 Å². The van der Waals surface area contributed by atoms with E-state index in [0.29, 0.717) is 22.6 Å². The molecule has 0 bridgehead atoms. The van der Waals surface area contributed by atoms with Crippen LogP contribution in [0.1, 0.15) is 5.56 Å². The molecule has 1 aromatic carbocycles. The molecule has 0 saturated carbocycles. The van der Waals surface area contributed by atoms with Crippen LogP contribution in [-0.2, 0) is 5.33 Å². The van der Waals surface area contributed by atoms with Gasteiger partial charge in [-0.05, 0) is 17.7 Å². The quantitative estimate of drug-likeness (QED) is 0.780. The minimum Gasteiger partial charge on any atom is -0.493 e.